The Labute approximate surface area is 274 Å². The largest absolute Gasteiger partial charge is 0.481 e. The molecule has 46 heavy (non-hydrogen) atoms. The third kappa shape index (κ3) is 13.9. The van der Waals surface area contributed by atoms with E-state index in [9.17, 15) is 24.3 Å². The van der Waals surface area contributed by atoms with Crippen LogP contribution in [-0.4, -0.2) is 63.1 Å². The molecule has 6 atom stereocenters. The number of carbonyl (C=O) groups is 4. The van der Waals surface area contributed by atoms with Gasteiger partial charge in [0.2, 0.25) is 17.7 Å². The van der Waals surface area contributed by atoms with Crippen molar-refractivity contribution in [2.75, 3.05) is 0 Å². The van der Waals surface area contributed by atoms with E-state index in [1.54, 1.807) is 6.20 Å². The quantitative estimate of drug-likeness (QED) is 0.109. The summed E-state index contributed by atoms with van der Waals surface area (Å²) in [5, 5.41) is 32.3. The van der Waals surface area contributed by atoms with Gasteiger partial charge >= 0.3 is 5.97 Å². The minimum atomic E-state index is -0.983. The van der Waals surface area contributed by atoms with Crippen LogP contribution in [0.2, 0.25) is 0 Å². The molecule has 0 saturated heterocycles. The number of carboxylic acid groups (broad SMARTS) is 1. The summed E-state index contributed by atoms with van der Waals surface area (Å²) < 4.78 is 0. The lowest BCUT2D eigenvalue weighted by molar-refractivity contribution is -0.137. The van der Waals surface area contributed by atoms with Crippen molar-refractivity contribution in [1.82, 2.24) is 26.3 Å². The van der Waals surface area contributed by atoms with Gasteiger partial charge in [0.15, 0.2) is 0 Å². The number of nitrogens with one attached hydrogen (secondary N) is 4. The SMILES string of the molecule is C=C(C[C@H](O)[C@H](CC(C)C)NC(=O)[C@H](CC1CC1)NC(=O)[C@@H](NC(=O)CCCC(=O)O)[C@@H](C)CC)NC(c1ccccn1)C(C)C. The summed E-state index contributed by atoms with van der Waals surface area (Å²) in [7, 11) is 0. The third-order valence-electron chi connectivity index (χ3n) is 8.51. The van der Waals surface area contributed by atoms with Gasteiger partial charge in [-0.15, -0.1) is 0 Å². The first-order valence-corrected chi connectivity index (χ1v) is 16.9. The lowest BCUT2D eigenvalue weighted by Crippen LogP contribution is -2.57. The van der Waals surface area contributed by atoms with Crippen LogP contribution in [0, 0.1) is 23.7 Å². The molecule has 6 N–H and O–H groups in total. The molecule has 0 aliphatic heterocycles. The molecule has 1 aromatic heterocycles. The fraction of sp³-hybridized carbons (Fsp3) is 0.686. The van der Waals surface area contributed by atoms with E-state index in [0.717, 1.165) is 18.5 Å². The van der Waals surface area contributed by atoms with Crippen molar-refractivity contribution in [2.24, 2.45) is 23.7 Å². The maximum atomic E-state index is 13.7. The fourth-order valence-electron chi connectivity index (χ4n) is 5.45. The number of carbonyl (C=O) groups excluding carboxylic acids is 3. The lowest BCUT2D eigenvalue weighted by Gasteiger charge is -2.31. The normalized spacial score (nSPS) is 16.9. The molecular formula is C35H57N5O6. The van der Waals surface area contributed by atoms with E-state index in [1.807, 2.05) is 45.9 Å². The molecule has 1 fully saturated rings. The molecule has 0 bridgehead atoms. The molecule has 1 aliphatic rings. The minimum Gasteiger partial charge on any atom is -0.481 e. The Kier molecular flexibility index (Phi) is 16.2. The predicted molar refractivity (Wildman–Crippen MR) is 178 cm³/mol. The smallest absolute Gasteiger partial charge is 0.303 e. The Balaban J connectivity index is 2.12. The lowest BCUT2D eigenvalue weighted by atomic mass is 9.94. The van der Waals surface area contributed by atoms with Crippen LogP contribution >= 0.6 is 0 Å². The standard InChI is InChI=1S/C35H57N5O6/c1-8-23(6)33(40-30(42)13-11-14-31(43)44)35(46)39-28(20-25-15-16-25)34(45)38-27(18-21(2)3)29(41)19-24(7)37-32(22(4)5)26-12-9-10-17-36-26/h9-10,12,17,21-23,25,27-29,32-33,37,41H,7-8,11,13-16,18-20H2,1-6H3,(H,38,45)(H,39,46)(H,40,42)(H,43,44)/t23-,27-,28-,29-,32?,33-/m0/s1. The highest BCUT2D eigenvalue weighted by Crippen LogP contribution is 2.34. The van der Waals surface area contributed by atoms with E-state index in [1.165, 1.54) is 0 Å². The molecule has 1 aliphatic carbocycles. The molecule has 11 nitrogen and oxygen atoms in total. The van der Waals surface area contributed by atoms with Crippen LogP contribution in [0.4, 0.5) is 0 Å². The first-order valence-electron chi connectivity index (χ1n) is 16.9. The molecular weight excluding hydrogens is 586 g/mol. The van der Waals surface area contributed by atoms with Crippen LogP contribution in [0.15, 0.2) is 36.7 Å². The van der Waals surface area contributed by atoms with Crippen molar-refractivity contribution in [2.45, 2.75) is 130 Å². The van der Waals surface area contributed by atoms with Crippen LogP contribution in [0.25, 0.3) is 0 Å². The van der Waals surface area contributed by atoms with Gasteiger partial charge in [0.1, 0.15) is 12.1 Å². The van der Waals surface area contributed by atoms with Crippen LogP contribution < -0.4 is 21.3 Å². The van der Waals surface area contributed by atoms with Gasteiger partial charge in [0.25, 0.3) is 0 Å². The van der Waals surface area contributed by atoms with E-state index >= 15 is 0 Å². The molecule has 1 heterocycles. The number of aliphatic hydroxyl groups excluding tert-OH is 1. The highest BCUT2D eigenvalue weighted by molar-refractivity contribution is 5.92. The van der Waals surface area contributed by atoms with E-state index in [4.69, 9.17) is 5.11 Å². The summed E-state index contributed by atoms with van der Waals surface area (Å²) in [5.74, 6) is -1.69. The van der Waals surface area contributed by atoms with Gasteiger partial charge in [0.05, 0.1) is 23.9 Å². The number of hydrogen-bond donors (Lipinski definition) is 6. The highest BCUT2D eigenvalue weighted by Gasteiger charge is 2.35. The van der Waals surface area contributed by atoms with Crippen LogP contribution in [0.1, 0.15) is 111 Å². The maximum Gasteiger partial charge on any atom is 0.303 e. The van der Waals surface area contributed by atoms with Crippen molar-refractivity contribution in [3.63, 3.8) is 0 Å². The van der Waals surface area contributed by atoms with Crippen LogP contribution in [-0.2, 0) is 19.2 Å². The summed E-state index contributed by atoms with van der Waals surface area (Å²) >= 11 is 0. The highest BCUT2D eigenvalue weighted by atomic mass is 16.4. The van der Waals surface area contributed by atoms with Crippen molar-refractivity contribution in [3.8, 4) is 0 Å². The first-order chi connectivity index (χ1) is 21.7. The summed E-state index contributed by atoms with van der Waals surface area (Å²) in [6, 6.07) is 3.40. The van der Waals surface area contributed by atoms with Crippen LogP contribution in [0.5, 0.6) is 0 Å². The summed E-state index contributed by atoms with van der Waals surface area (Å²) in [6.07, 6.45) is 4.65. The van der Waals surface area contributed by atoms with Crippen molar-refractivity contribution in [3.05, 3.63) is 42.4 Å². The Hall–Kier alpha value is -3.47. The fourth-order valence-corrected chi connectivity index (χ4v) is 5.45. The van der Waals surface area contributed by atoms with E-state index in [2.05, 4.69) is 46.7 Å². The zero-order valence-corrected chi connectivity index (χ0v) is 28.6. The van der Waals surface area contributed by atoms with E-state index < -0.39 is 42.0 Å². The molecule has 1 unspecified atom stereocenters. The number of hydrogen-bond acceptors (Lipinski definition) is 7. The number of rotatable bonds is 22. The topological polar surface area (TPSA) is 170 Å². The van der Waals surface area contributed by atoms with Crippen LogP contribution in [0.3, 0.4) is 0 Å². The number of aliphatic hydroxyl groups is 1. The maximum absolute atomic E-state index is 13.7. The second-order valence-electron chi connectivity index (χ2n) is 13.7. The average Bonchev–Trinajstić information content (AvgIpc) is 3.81. The van der Waals surface area contributed by atoms with Gasteiger partial charge in [0, 0.05) is 31.2 Å². The molecule has 2 rings (SSSR count). The van der Waals surface area contributed by atoms with Gasteiger partial charge in [-0.25, -0.2) is 0 Å². The molecule has 11 heteroatoms. The average molecular weight is 644 g/mol. The monoisotopic (exact) mass is 643 g/mol. The van der Waals surface area contributed by atoms with Gasteiger partial charge in [-0.1, -0.05) is 73.5 Å². The van der Waals surface area contributed by atoms with Crippen molar-refractivity contribution >= 4 is 23.7 Å². The van der Waals surface area contributed by atoms with Gasteiger partial charge in [-0.2, -0.15) is 0 Å². The van der Waals surface area contributed by atoms with Crippen molar-refractivity contribution < 1.29 is 29.4 Å². The van der Waals surface area contributed by atoms with E-state index in [0.29, 0.717) is 30.9 Å². The zero-order chi connectivity index (χ0) is 34.4. The molecule has 0 radical (unpaired) electrons. The molecule has 1 saturated carbocycles. The second kappa shape index (κ2) is 19.3. The van der Waals surface area contributed by atoms with Gasteiger partial charge in [-0.3, -0.25) is 24.2 Å². The molecule has 0 spiro atoms. The number of nitrogens with zero attached hydrogens (tertiary/aromatic N) is 1. The number of aromatic nitrogens is 1. The zero-order valence-electron chi connectivity index (χ0n) is 28.6. The number of carboxylic acids is 1. The Morgan fingerprint density at radius 3 is 2.22 bits per heavy atom. The third-order valence-corrected chi connectivity index (χ3v) is 8.51. The summed E-state index contributed by atoms with van der Waals surface area (Å²) in [6.45, 7) is 16.1. The Bertz CT molecular complexity index is 1140. The minimum absolute atomic E-state index is 0.00675. The number of aliphatic carboxylic acids is 1. The summed E-state index contributed by atoms with van der Waals surface area (Å²) in [4.78, 5) is 55.1. The predicted octanol–water partition coefficient (Wildman–Crippen LogP) is 4.23. The molecule has 258 valence electrons. The molecule has 3 amide bonds. The Morgan fingerprint density at radius 1 is 0.978 bits per heavy atom. The first kappa shape index (κ1) is 38.7. The van der Waals surface area contributed by atoms with Gasteiger partial charge < -0.3 is 31.5 Å². The Morgan fingerprint density at radius 2 is 1.67 bits per heavy atom. The second-order valence-corrected chi connectivity index (χ2v) is 13.7. The number of amides is 3. The molecule has 0 aromatic carbocycles. The van der Waals surface area contributed by atoms with Crippen molar-refractivity contribution in [1.29, 1.82) is 0 Å². The number of pyridine rings is 1. The molecule has 1 aromatic rings. The summed E-state index contributed by atoms with van der Waals surface area (Å²) in [5.41, 5.74) is 1.52. The van der Waals surface area contributed by atoms with Gasteiger partial charge in [-0.05, 0) is 55.1 Å². The van der Waals surface area contributed by atoms with E-state index in [-0.39, 0.29) is 55.4 Å².